The third kappa shape index (κ3) is 4.60. The van der Waals surface area contributed by atoms with Gasteiger partial charge in [0.2, 0.25) is 5.91 Å². The SMILES string of the molecule is C#CCN(C)C(=O)CCOc1cccc(C)c1. The molecule has 0 heterocycles. The highest BCUT2D eigenvalue weighted by Crippen LogP contribution is 2.12. The van der Waals surface area contributed by atoms with E-state index < -0.39 is 0 Å². The minimum Gasteiger partial charge on any atom is -0.493 e. The molecule has 0 radical (unpaired) electrons. The molecule has 0 atom stereocenters. The van der Waals surface area contributed by atoms with Crippen molar-refractivity contribution in [1.82, 2.24) is 4.90 Å². The Bertz CT molecular complexity index is 420. The van der Waals surface area contributed by atoms with Crippen LogP contribution in [0.3, 0.4) is 0 Å². The second-order valence-electron chi connectivity index (χ2n) is 3.87. The van der Waals surface area contributed by atoms with Crippen molar-refractivity contribution in [3.05, 3.63) is 29.8 Å². The molecule has 1 aromatic carbocycles. The third-order valence-electron chi connectivity index (χ3n) is 2.33. The summed E-state index contributed by atoms with van der Waals surface area (Å²) >= 11 is 0. The van der Waals surface area contributed by atoms with Gasteiger partial charge in [0.15, 0.2) is 0 Å². The van der Waals surface area contributed by atoms with Crippen LogP contribution in [0, 0.1) is 19.3 Å². The van der Waals surface area contributed by atoms with Crippen LogP contribution in [0.5, 0.6) is 5.75 Å². The van der Waals surface area contributed by atoms with Gasteiger partial charge in [-0.25, -0.2) is 0 Å². The molecule has 0 aliphatic heterocycles. The molecule has 0 saturated carbocycles. The van der Waals surface area contributed by atoms with Crippen molar-refractivity contribution >= 4 is 5.91 Å². The molecule has 0 bridgehead atoms. The molecule has 1 rings (SSSR count). The lowest BCUT2D eigenvalue weighted by Gasteiger charge is -2.14. The van der Waals surface area contributed by atoms with Crippen molar-refractivity contribution < 1.29 is 9.53 Å². The van der Waals surface area contributed by atoms with E-state index in [1.54, 1.807) is 7.05 Å². The van der Waals surface area contributed by atoms with Gasteiger partial charge < -0.3 is 9.64 Å². The highest BCUT2D eigenvalue weighted by atomic mass is 16.5. The summed E-state index contributed by atoms with van der Waals surface area (Å²) in [5.74, 6) is 3.21. The zero-order valence-corrected chi connectivity index (χ0v) is 10.3. The number of carbonyl (C=O) groups is 1. The molecular weight excluding hydrogens is 214 g/mol. The Balaban J connectivity index is 2.33. The number of amides is 1. The van der Waals surface area contributed by atoms with Crippen molar-refractivity contribution in [2.75, 3.05) is 20.2 Å². The predicted molar refractivity (Wildman–Crippen MR) is 67.8 cm³/mol. The first-order valence-corrected chi connectivity index (χ1v) is 5.50. The maximum atomic E-state index is 11.5. The lowest BCUT2D eigenvalue weighted by atomic mass is 10.2. The average Bonchev–Trinajstić information content (AvgIpc) is 2.29. The van der Waals surface area contributed by atoms with Gasteiger partial charge >= 0.3 is 0 Å². The fourth-order valence-electron chi connectivity index (χ4n) is 1.38. The van der Waals surface area contributed by atoms with Crippen LogP contribution in [0.4, 0.5) is 0 Å². The minimum absolute atomic E-state index is 0.00407. The lowest BCUT2D eigenvalue weighted by molar-refractivity contribution is -0.129. The van der Waals surface area contributed by atoms with E-state index in [2.05, 4.69) is 5.92 Å². The van der Waals surface area contributed by atoms with E-state index in [1.807, 2.05) is 31.2 Å². The Labute approximate surface area is 102 Å². The number of benzene rings is 1. The van der Waals surface area contributed by atoms with E-state index in [4.69, 9.17) is 11.2 Å². The van der Waals surface area contributed by atoms with Crippen LogP contribution >= 0.6 is 0 Å². The highest BCUT2D eigenvalue weighted by Gasteiger charge is 2.07. The van der Waals surface area contributed by atoms with Crippen molar-refractivity contribution in [3.63, 3.8) is 0 Å². The Morgan fingerprint density at radius 2 is 2.29 bits per heavy atom. The van der Waals surface area contributed by atoms with E-state index in [1.165, 1.54) is 4.90 Å². The summed E-state index contributed by atoms with van der Waals surface area (Å²) < 4.78 is 5.49. The number of ether oxygens (including phenoxy) is 1. The topological polar surface area (TPSA) is 29.5 Å². The molecule has 0 spiro atoms. The predicted octanol–water partition coefficient (Wildman–Crippen LogP) is 1.86. The van der Waals surface area contributed by atoms with E-state index in [0.717, 1.165) is 11.3 Å². The standard InChI is InChI=1S/C14H17NO2/c1-4-9-15(3)14(16)8-10-17-13-7-5-6-12(2)11-13/h1,5-7,11H,8-10H2,2-3H3. The fourth-order valence-corrected chi connectivity index (χ4v) is 1.38. The van der Waals surface area contributed by atoms with Gasteiger partial charge in [-0.05, 0) is 24.6 Å². The maximum Gasteiger partial charge on any atom is 0.226 e. The van der Waals surface area contributed by atoms with E-state index in [0.29, 0.717) is 19.6 Å². The number of rotatable bonds is 5. The minimum atomic E-state index is -0.00407. The summed E-state index contributed by atoms with van der Waals surface area (Å²) in [5.41, 5.74) is 1.14. The Kier molecular flexibility index (Phi) is 5.09. The first-order chi connectivity index (χ1) is 8.13. The van der Waals surface area contributed by atoms with E-state index in [9.17, 15) is 4.79 Å². The summed E-state index contributed by atoms with van der Waals surface area (Å²) in [6.45, 7) is 2.71. The van der Waals surface area contributed by atoms with Crippen LogP contribution < -0.4 is 4.74 Å². The zero-order valence-electron chi connectivity index (χ0n) is 10.3. The number of terminal acetylenes is 1. The van der Waals surface area contributed by atoms with Gasteiger partial charge in [0.05, 0.1) is 19.6 Å². The van der Waals surface area contributed by atoms with Crippen LogP contribution in [0.25, 0.3) is 0 Å². The zero-order chi connectivity index (χ0) is 12.7. The molecule has 3 heteroatoms. The Hall–Kier alpha value is -1.95. The third-order valence-corrected chi connectivity index (χ3v) is 2.33. The van der Waals surface area contributed by atoms with Crippen LogP contribution in [0.15, 0.2) is 24.3 Å². The van der Waals surface area contributed by atoms with Crippen LogP contribution in [-0.2, 0) is 4.79 Å². The number of aryl methyl sites for hydroxylation is 1. The number of hydrogen-bond donors (Lipinski definition) is 0. The summed E-state index contributed by atoms with van der Waals surface area (Å²) in [4.78, 5) is 13.1. The normalized spacial score (nSPS) is 9.47. The maximum absolute atomic E-state index is 11.5. The van der Waals surface area contributed by atoms with Gasteiger partial charge in [0, 0.05) is 7.05 Å². The first kappa shape index (κ1) is 13.1. The summed E-state index contributed by atoms with van der Waals surface area (Å²) in [7, 11) is 1.69. The molecule has 0 N–H and O–H groups in total. The molecule has 0 saturated heterocycles. The molecule has 0 aromatic heterocycles. The highest BCUT2D eigenvalue weighted by molar-refractivity contribution is 5.76. The molecule has 0 fully saturated rings. The summed E-state index contributed by atoms with van der Waals surface area (Å²) in [6, 6.07) is 7.74. The van der Waals surface area contributed by atoms with Gasteiger partial charge in [-0.1, -0.05) is 18.1 Å². The molecule has 90 valence electrons. The van der Waals surface area contributed by atoms with Gasteiger partial charge in [0.1, 0.15) is 5.75 Å². The molecule has 0 unspecified atom stereocenters. The van der Waals surface area contributed by atoms with Crippen molar-refractivity contribution in [3.8, 4) is 18.1 Å². The Morgan fingerprint density at radius 1 is 1.53 bits per heavy atom. The van der Waals surface area contributed by atoms with Crippen molar-refractivity contribution in [2.24, 2.45) is 0 Å². The molecule has 0 aliphatic rings. The molecule has 17 heavy (non-hydrogen) atoms. The van der Waals surface area contributed by atoms with Crippen LogP contribution in [-0.4, -0.2) is 31.0 Å². The molecule has 3 nitrogen and oxygen atoms in total. The second-order valence-corrected chi connectivity index (χ2v) is 3.87. The van der Waals surface area contributed by atoms with Gasteiger partial charge in [-0.2, -0.15) is 0 Å². The number of carbonyl (C=O) groups excluding carboxylic acids is 1. The van der Waals surface area contributed by atoms with Gasteiger partial charge in [-0.3, -0.25) is 4.79 Å². The largest absolute Gasteiger partial charge is 0.493 e. The molecule has 1 aromatic rings. The van der Waals surface area contributed by atoms with Crippen LogP contribution in [0.2, 0.25) is 0 Å². The number of hydrogen-bond acceptors (Lipinski definition) is 2. The lowest BCUT2D eigenvalue weighted by Crippen LogP contribution is -2.28. The van der Waals surface area contributed by atoms with Gasteiger partial charge in [-0.15, -0.1) is 6.42 Å². The molecule has 0 aliphatic carbocycles. The molecule has 1 amide bonds. The van der Waals surface area contributed by atoms with Crippen molar-refractivity contribution in [1.29, 1.82) is 0 Å². The summed E-state index contributed by atoms with van der Waals surface area (Å²) in [6.07, 6.45) is 5.47. The summed E-state index contributed by atoms with van der Waals surface area (Å²) in [5, 5.41) is 0. The average molecular weight is 231 g/mol. The van der Waals surface area contributed by atoms with Gasteiger partial charge in [0.25, 0.3) is 0 Å². The smallest absolute Gasteiger partial charge is 0.226 e. The van der Waals surface area contributed by atoms with Crippen molar-refractivity contribution in [2.45, 2.75) is 13.3 Å². The first-order valence-electron chi connectivity index (χ1n) is 5.50. The number of nitrogens with zero attached hydrogens (tertiary/aromatic N) is 1. The Morgan fingerprint density at radius 3 is 2.94 bits per heavy atom. The monoisotopic (exact) mass is 231 g/mol. The quantitative estimate of drug-likeness (QED) is 0.724. The van der Waals surface area contributed by atoms with E-state index >= 15 is 0 Å². The van der Waals surface area contributed by atoms with Crippen LogP contribution in [0.1, 0.15) is 12.0 Å². The second kappa shape index (κ2) is 6.59. The van der Waals surface area contributed by atoms with E-state index in [-0.39, 0.29) is 5.91 Å². The fraction of sp³-hybridized carbons (Fsp3) is 0.357. The molecular formula is C14H17NO2.